The van der Waals surface area contributed by atoms with E-state index in [-0.39, 0.29) is 7.43 Å². The number of rotatable bonds is 9. The molecule has 0 heteroatoms. The predicted molar refractivity (Wildman–Crippen MR) is 137 cm³/mol. The van der Waals surface area contributed by atoms with E-state index in [1.54, 1.807) is 0 Å². The summed E-state index contributed by atoms with van der Waals surface area (Å²) < 4.78 is 0. The summed E-state index contributed by atoms with van der Waals surface area (Å²) in [5, 5.41) is 0. The first-order valence-electron chi connectivity index (χ1n) is 12.0. The van der Waals surface area contributed by atoms with E-state index in [1.165, 1.54) is 69.8 Å². The molecule has 0 saturated heterocycles. The van der Waals surface area contributed by atoms with Crippen molar-refractivity contribution in [3.05, 3.63) is 12.2 Å². The van der Waals surface area contributed by atoms with Crippen molar-refractivity contribution in [1.29, 1.82) is 0 Å². The van der Waals surface area contributed by atoms with Crippen LogP contribution in [-0.2, 0) is 0 Å². The van der Waals surface area contributed by atoms with Gasteiger partial charge in [-0.15, -0.1) is 6.58 Å². The van der Waals surface area contributed by atoms with Crippen molar-refractivity contribution in [3.8, 4) is 0 Å². The van der Waals surface area contributed by atoms with Gasteiger partial charge in [0.1, 0.15) is 0 Å². The van der Waals surface area contributed by atoms with Crippen LogP contribution in [0.25, 0.3) is 0 Å². The molecule has 0 bridgehead atoms. The summed E-state index contributed by atoms with van der Waals surface area (Å²) in [6.45, 7) is 29.8. The van der Waals surface area contributed by atoms with Gasteiger partial charge in [0.2, 0.25) is 0 Å². The largest absolute Gasteiger partial charge is 0.100 e. The Balaban J connectivity index is -0.0000000575. The molecule has 0 fully saturated rings. The van der Waals surface area contributed by atoms with Crippen molar-refractivity contribution in [3.63, 3.8) is 0 Å². The van der Waals surface area contributed by atoms with Gasteiger partial charge in [0.05, 0.1) is 0 Å². The van der Waals surface area contributed by atoms with Gasteiger partial charge < -0.3 is 0 Å². The third-order valence-electron chi connectivity index (χ3n) is 3.73. The molecule has 0 aromatic rings. The van der Waals surface area contributed by atoms with Gasteiger partial charge in [-0.2, -0.15) is 0 Å². The van der Waals surface area contributed by atoms with Crippen LogP contribution in [-0.4, -0.2) is 0 Å². The number of hydrogen-bond donors (Lipinski definition) is 0. The maximum atomic E-state index is 3.86. The van der Waals surface area contributed by atoms with Gasteiger partial charge in [0.15, 0.2) is 0 Å². The Bertz CT molecular complexity index is 184. The molecular formula is C27H64. The van der Waals surface area contributed by atoms with E-state index in [2.05, 4.69) is 75.8 Å². The lowest BCUT2D eigenvalue weighted by atomic mass is 9.96. The van der Waals surface area contributed by atoms with Crippen molar-refractivity contribution in [2.75, 3.05) is 0 Å². The van der Waals surface area contributed by atoms with Crippen LogP contribution in [0.1, 0.15) is 155 Å². The van der Waals surface area contributed by atoms with Crippen molar-refractivity contribution in [1.82, 2.24) is 0 Å². The molecule has 1 atom stereocenters. The molecule has 1 unspecified atom stereocenters. The van der Waals surface area contributed by atoms with E-state index < -0.39 is 0 Å². The molecule has 0 radical (unpaired) electrons. The molecule has 0 aliphatic carbocycles. The topological polar surface area (TPSA) is 0 Å². The molecule has 0 aromatic carbocycles. The molecule has 0 aliphatic heterocycles. The zero-order valence-corrected chi connectivity index (χ0v) is 21.4. The first kappa shape index (κ1) is 41.2. The predicted octanol–water partition coefficient (Wildman–Crippen LogP) is 11.5. The van der Waals surface area contributed by atoms with Crippen molar-refractivity contribution in [2.24, 2.45) is 11.8 Å². The van der Waals surface area contributed by atoms with Gasteiger partial charge in [-0.25, -0.2) is 0 Å². The molecule has 0 saturated carbocycles. The Labute approximate surface area is 179 Å². The minimum Gasteiger partial charge on any atom is -0.100 e. The second kappa shape index (κ2) is 44.9. The minimum atomic E-state index is 0. The molecule has 27 heavy (non-hydrogen) atoms. The molecular weight excluding hydrogens is 324 g/mol. The van der Waals surface area contributed by atoms with Crippen LogP contribution < -0.4 is 0 Å². The molecule has 172 valence electrons. The summed E-state index contributed by atoms with van der Waals surface area (Å²) in [6, 6.07) is 0. The van der Waals surface area contributed by atoms with Crippen LogP contribution >= 0.6 is 0 Å². The maximum absolute atomic E-state index is 3.86. The summed E-state index contributed by atoms with van der Waals surface area (Å²) in [6.07, 6.45) is 13.3. The smallest absolute Gasteiger partial charge is 0.0323 e. The monoisotopic (exact) mass is 389 g/mol. The van der Waals surface area contributed by atoms with E-state index in [0.717, 1.165) is 11.8 Å². The van der Waals surface area contributed by atoms with Gasteiger partial charge in [0, 0.05) is 0 Å². The SMILES string of the molecule is C.C=C(C)CCC(C)CC.CC.CCC.CCC.CCCC(CC)CCC. The second-order valence-electron chi connectivity index (χ2n) is 7.28. The fourth-order valence-electron chi connectivity index (χ4n) is 2.07. The first-order valence-corrected chi connectivity index (χ1v) is 12.0. The fourth-order valence-corrected chi connectivity index (χ4v) is 2.07. The van der Waals surface area contributed by atoms with E-state index in [0.29, 0.717) is 0 Å². The van der Waals surface area contributed by atoms with Gasteiger partial charge in [-0.3, -0.25) is 0 Å². The third-order valence-corrected chi connectivity index (χ3v) is 3.73. The summed E-state index contributed by atoms with van der Waals surface area (Å²) in [5.41, 5.74) is 1.32. The Morgan fingerprint density at radius 1 is 0.704 bits per heavy atom. The van der Waals surface area contributed by atoms with Crippen LogP contribution in [0, 0.1) is 11.8 Å². The van der Waals surface area contributed by atoms with E-state index in [4.69, 9.17) is 0 Å². The zero-order chi connectivity index (χ0) is 21.8. The average molecular weight is 389 g/mol. The standard InChI is InChI=1S/C9H18.C9H20.2C3H8.C2H6.CH4/c1-5-9(4)7-6-8(2)3;1-4-7-9(6-3)8-5-2;2*1-3-2;1-2;/h9H,2,5-7H2,1,3-4H3;9H,4-8H2,1-3H3;2*3H2,1-2H3;1-2H3;1H4. The quantitative estimate of drug-likeness (QED) is 0.344. The lowest BCUT2D eigenvalue weighted by Gasteiger charge is -2.10. The Morgan fingerprint density at radius 3 is 1.22 bits per heavy atom. The second-order valence-corrected chi connectivity index (χ2v) is 7.28. The summed E-state index contributed by atoms with van der Waals surface area (Å²) in [7, 11) is 0. The molecule has 0 N–H and O–H groups in total. The highest BCUT2D eigenvalue weighted by atomic mass is 14.1. The molecule has 0 nitrogen and oxygen atoms in total. The number of allylic oxidation sites excluding steroid dienone is 1. The number of hydrogen-bond acceptors (Lipinski definition) is 0. The van der Waals surface area contributed by atoms with Gasteiger partial charge in [-0.1, -0.05) is 141 Å². The van der Waals surface area contributed by atoms with Crippen molar-refractivity contribution >= 4 is 0 Å². The van der Waals surface area contributed by atoms with Gasteiger partial charge >= 0.3 is 0 Å². The highest BCUT2D eigenvalue weighted by Gasteiger charge is 2.01. The molecule has 0 spiro atoms. The Kier molecular flexibility index (Phi) is 68.4. The highest BCUT2D eigenvalue weighted by Crippen LogP contribution is 2.16. The average Bonchev–Trinajstić information content (AvgIpc) is 2.63. The van der Waals surface area contributed by atoms with Crippen LogP contribution in [0.2, 0.25) is 0 Å². The Hall–Kier alpha value is -0.260. The molecule has 0 heterocycles. The van der Waals surface area contributed by atoms with Crippen LogP contribution in [0.3, 0.4) is 0 Å². The molecule has 0 aliphatic rings. The van der Waals surface area contributed by atoms with Gasteiger partial charge in [0.25, 0.3) is 0 Å². The molecule has 0 rings (SSSR count). The van der Waals surface area contributed by atoms with Gasteiger partial charge in [-0.05, 0) is 31.6 Å². The minimum absolute atomic E-state index is 0. The lowest BCUT2D eigenvalue weighted by molar-refractivity contribution is 0.427. The van der Waals surface area contributed by atoms with E-state index >= 15 is 0 Å². The maximum Gasteiger partial charge on any atom is -0.0323 e. The van der Waals surface area contributed by atoms with Crippen molar-refractivity contribution < 1.29 is 0 Å². The third kappa shape index (κ3) is 66.8. The summed E-state index contributed by atoms with van der Waals surface area (Å²) >= 11 is 0. The molecule has 0 aromatic heterocycles. The Morgan fingerprint density at radius 2 is 1.04 bits per heavy atom. The fraction of sp³-hybridized carbons (Fsp3) is 0.926. The lowest BCUT2D eigenvalue weighted by Crippen LogP contribution is -1.96. The van der Waals surface area contributed by atoms with E-state index in [1.807, 2.05) is 13.8 Å². The first-order chi connectivity index (χ1) is 12.3. The normalized spacial score (nSPS) is 9.52. The van der Waals surface area contributed by atoms with Crippen molar-refractivity contribution in [2.45, 2.75) is 155 Å². The molecule has 0 amide bonds. The van der Waals surface area contributed by atoms with Crippen LogP contribution in [0.4, 0.5) is 0 Å². The van der Waals surface area contributed by atoms with Crippen LogP contribution in [0.15, 0.2) is 12.2 Å². The zero-order valence-electron chi connectivity index (χ0n) is 21.4. The summed E-state index contributed by atoms with van der Waals surface area (Å²) in [4.78, 5) is 0. The highest BCUT2D eigenvalue weighted by molar-refractivity contribution is 4.87. The van der Waals surface area contributed by atoms with Crippen LogP contribution in [0.5, 0.6) is 0 Å². The summed E-state index contributed by atoms with van der Waals surface area (Å²) in [5.74, 6) is 1.89. The van der Waals surface area contributed by atoms with E-state index in [9.17, 15) is 0 Å².